The number of methoxy groups -OCH3 is 1. The maximum absolute atomic E-state index is 12.7. The summed E-state index contributed by atoms with van der Waals surface area (Å²) < 4.78 is 5.87. The first-order chi connectivity index (χ1) is 14.4. The molecule has 3 aromatic rings. The number of carbonyl (C=O) groups excluding carboxylic acids is 2. The Morgan fingerprint density at radius 2 is 2.03 bits per heavy atom. The molecule has 0 aliphatic carbocycles. The van der Waals surface area contributed by atoms with Crippen LogP contribution in [0.4, 0.5) is 15.6 Å². The van der Waals surface area contributed by atoms with Crippen LogP contribution in [0.2, 0.25) is 5.02 Å². The molecule has 0 fully saturated rings. The number of thiazole rings is 1. The number of nitrogens with one attached hydrogen (secondary N) is 3. The van der Waals surface area contributed by atoms with Gasteiger partial charge in [-0.1, -0.05) is 42.0 Å². The highest BCUT2D eigenvalue weighted by Gasteiger charge is 2.15. The number of rotatable bonds is 7. The number of halogens is 1. The van der Waals surface area contributed by atoms with Gasteiger partial charge in [-0.2, -0.15) is 0 Å². The number of nitrogens with zero attached hydrogens (tertiary/aromatic N) is 1. The number of carbonyl (C=O) groups is 2. The molecular weight excluding hydrogens is 424 g/mol. The van der Waals surface area contributed by atoms with Crippen molar-refractivity contribution in [3.05, 3.63) is 52.5 Å². The quantitative estimate of drug-likeness (QED) is 0.473. The number of hydrogen-bond acceptors (Lipinski definition) is 5. The van der Waals surface area contributed by atoms with Gasteiger partial charge in [0.15, 0.2) is 5.13 Å². The van der Waals surface area contributed by atoms with E-state index in [4.69, 9.17) is 16.3 Å². The van der Waals surface area contributed by atoms with Gasteiger partial charge in [-0.05, 0) is 43.2 Å². The Morgan fingerprint density at radius 3 is 2.73 bits per heavy atom. The van der Waals surface area contributed by atoms with Crippen LogP contribution < -0.4 is 16.0 Å². The second-order valence-corrected chi connectivity index (χ2v) is 8.18. The molecular formula is C21H23ClN4O3S. The molecule has 0 saturated carbocycles. The smallest absolute Gasteiger partial charge is 0.321 e. The van der Waals surface area contributed by atoms with Gasteiger partial charge >= 0.3 is 6.03 Å². The highest BCUT2D eigenvalue weighted by molar-refractivity contribution is 7.22. The number of para-hydroxylation sites is 1. The second kappa shape index (κ2) is 9.88. The van der Waals surface area contributed by atoms with Crippen molar-refractivity contribution in [2.45, 2.75) is 26.3 Å². The summed E-state index contributed by atoms with van der Waals surface area (Å²) in [7, 11) is 1.59. The minimum atomic E-state index is -0.342. The summed E-state index contributed by atoms with van der Waals surface area (Å²) in [6, 6.07) is 10.2. The van der Waals surface area contributed by atoms with E-state index < -0.39 is 0 Å². The Labute approximate surface area is 183 Å². The summed E-state index contributed by atoms with van der Waals surface area (Å²) in [6.07, 6.45) is 0.754. The predicted molar refractivity (Wildman–Crippen MR) is 122 cm³/mol. The molecule has 0 radical (unpaired) electrons. The zero-order valence-corrected chi connectivity index (χ0v) is 18.5. The number of anilines is 2. The van der Waals surface area contributed by atoms with E-state index in [-0.39, 0.29) is 18.0 Å². The van der Waals surface area contributed by atoms with Crippen LogP contribution >= 0.6 is 22.9 Å². The van der Waals surface area contributed by atoms with E-state index in [9.17, 15) is 9.59 Å². The van der Waals surface area contributed by atoms with Crippen molar-refractivity contribution in [2.75, 3.05) is 24.4 Å². The summed E-state index contributed by atoms with van der Waals surface area (Å²) in [6.45, 7) is 4.29. The van der Waals surface area contributed by atoms with Crippen LogP contribution in [0.1, 0.15) is 29.3 Å². The van der Waals surface area contributed by atoms with Gasteiger partial charge in [0.25, 0.3) is 5.91 Å². The fourth-order valence-corrected chi connectivity index (χ4v) is 4.05. The molecule has 0 aliphatic rings. The largest absolute Gasteiger partial charge is 0.383 e. The predicted octanol–water partition coefficient (Wildman–Crippen LogP) is 5.06. The molecule has 3 N–H and O–H groups in total. The lowest BCUT2D eigenvalue weighted by Crippen LogP contribution is -2.40. The molecule has 2 aromatic carbocycles. The van der Waals surface area contributed by atoms with Crippen molar-refractivity contribution < 1.29 is 14.3 Å². The highest BCUT2D eigenvalue weighted by atomic mass is 35.5. The van der Waals surface area contributed by atoms with Gasteiger partial charge in [0.1, 0.15) is 0 Å². The Hall–Kier alpha value is -2.68. The third kappa shape index (κ3) is 5.27. The summed E-state index contributed by atoms with van der Waals surface area (Å²) in [4.78, 5) is 29.3. The number of aromatic nitrogens is 1. The summed E-state index contributed by atoms with van der Waals surface area (Å²) in [5, 5.41) is 9.38. The Morgan fingerprint density at radius 1 is 1.23 bits per heavy atom. The van der Waals surface area contributed by atoms with Crippen molar-refractivity contribution in [2.24, 2.45) is 0 Å². The van der Waals surface area contributed by atoms with E-state index in [0.717, 1.165) is 16.7 Å². The molecule has 1 aromatic heterocycles. The van der Waals surface area contributed by atoms with E-state index in [1.807, 2.05) is 26.0 Å². The number of aryl methyl sites for hydroxylation is 1. The Balaban J connectivity index is 1.72. The van der Waals surface area contributed by atoms with Gasteiger partial charge in [0.2, 0.25) is 0 Å². The molecule has 0 spiro atoms. The third-order valence-corrected chi connectivity index (χ3v) is 5.78. The molecule has 9 heteroatoms. The normalized spacial score (nSPS) is 11.9. The Bertz CT molecular complexity index is 1050. The zero-order valence-electron chi connectivity index (χ0n) is 16.9. The average Bonchev–Trinajstić information content (AvgIpc) is 3.11. The van der Waals surface area contributed by atoms with Gasteiger partial charge in [-0.3, -0.25) is 10.1 Å². The number of hydrogen-bond donors (Lipinski definition) is 3. The molecule has 0 aliphatic heterocycles. The SMILES string of the molecule is CCC(COC)NC(=O)Nc1nc2ccc(C(=O)Nc3c(C)cccc3Cl)cc2s1. The van der Waals surface area contributed by atoms with Crippen LogP contribution in [-0.4, -0.2) is 36.7 Å². The Kier molecular flexibility index (Phi) is 7.25. The van der Waals surface area contributed by atoms with Crippen LogP contribution in [0.25, 0.3) is 10.2 Å². The van der Waals surface area contributed by atoms with Crippen molar-refractivity contribution in [3.8, 4) is 0 Å². The lowest BCUT2D eigenvalue weighted by atomic mass is 10.1. The van der Waals surface area contributed by atoms with E-state index in [1.165, 1.54) is 11.3 Å². The highest BCUT2D eigenvalue weighted by Crippen LogP contribution is 2.29. The van der Waals surface area contributed by atoms with Crippen molar-refractivity contribution in [1.29, 1.82) is 0 Å². The molecule has 1 unspecified atom stereocenters. The first-order valence-electron chi connectivity index (χ1n) is 9.44. The molecule has 3 amide bonds. The molecule has 3 rings (SSSR count). The molecule has 0 bridgehead atoms. The van der Waals surface area contributed by atoms with Crippen molar-refractivity contribution in [1.82, 2.24) is 10.3 Å². The van der Waals surface area contributed by atoms with Gasteiger partial charge < -0.3 is 15.4 Å². The van der Waals surface area contributed by atoms with Crippen LogP contribution in [-0.2, 0) is 4.74 Å². The molecule has 7 nitrogen and oxygen atoms in total. The van der Waals surface area contributed by atoms with E-state index >= 15 is 0 Å². The van der Waals surface area contributed by atoms with Crippen molar-refractivity contribution in [3.63, 3.8) is 0 Å². The number of amides is 3. The van der Waals surface area contributed by atoms with Crippen LogP contribution in [0.5, 0.6) is 0 Å². The fraction of sp³-hybridized carbons (Fsp3) is 0.286. The summed E-state index contributed by atoms with van der Waals surface area (Å²) in [5.41, 5.74) is 2.65. The average molecular weight is 447 g/mol. The van der Waals surface area contributed by atoms with E-state index in [1.54, 1.807) is 31.4 Å². The topological polar surface area (TPSA) is 92.3 Å². The number of ether oxygens (including phenoxy) is 1. The molecule has 158 valence electrons. The standard InChI is InChI=1S/C21H23ClN4O3S/c1-4-14(11-29-3)23-20(28)26-21-24-16-9-8-13(10-17(16)30-21)19(27)25-18-12(2)6-5-7-15(18)22/h5-10,14H,4,11H2,1-3H3,(H,25,27)(H2,23,24,26,28). The number of fused-ring (bicyclic) bond motifs is 1. The van der Waals surface area contributed by atoms with Crippen LogP contribution in [0, 0.1) is 6.92 Å². The maximum Gasteiger partial charge on any atom is 0.321 e. The van der Waals surface area contributed by atoms with Crippen LogP contribution in [0.3, 0.4) is 0 Å². The lowest BCUT2D eigenvalue weighted by Gasteiger charge is -2.15. The molecule has 0 saturated heterocycles. The van der Waals surface area contributed by atoms with Gasteiger partial charge in [0.05, 0.1) is 33.6 Å². The summed E-state index contributed by atoms with van der Waals surface area (Å²) in [5.74, 6) is -0.265. The first kappa shape index (κ1) is 22.0. The number of urea groups is 1. The minimum absolute atomic E-state index is 0.0760. The molecule has 1 atom stereocenters. The lowest BCUT2D eigenvalue weighted by molar-refractivity contribution is 0.102. The minimum Gasteiger partial charge on any atom is -0.383 e. The van der Waals surface area contributed by atoms with E-state index in [0.29, 0.717) is 33.5 Å². The van der Waals surface area contributed by atoms with Crippen LogP contribution in [0.15, 0.2) is 36.4 Å². The van der Waals surface area contributed by atoms with Gasteiger partial charge in [-0.25, -0.2) is 9.78 Å². The van der Waals surface area contributed by atoms with Gasteiger partial charge in [-0.15, -0.1) is 0 Å². The second-order valence-electron chi connectivity index (χ2n) is 6.75. The zero-order chi connectivity index (χ0) is 21.7. The fourth-order valence-electron chi connectivity index (χ4n) is 2.88. The maximum atomic E-state index is 12.7. The third-order valence-electron chi connectivity index (χ3n) is 4.53. The summed E-state index contributed by atoms with van der Waals surface area (Å²) >= 11 is 7.49. The first-order valence-corrected chi connectivity index (χ1v) is 10.6. The van der Waals surface area contributed by atoms with Crippen molar-refractivity contribution >= 4 is 55.9 Å². The molecule has 30 heavy (non-hydrogen) atoms. The van der Waals surface area contributed by atoms with Gasteiger partial charge in [0, 0.05) is 12.7 Å². The monoisotopic (exact) mass is 446 g/mol. The van der Waals surface area contributed by atoms with E-state index in [2.05, 4.69) is 20.9 Å². The number of benzene rings is 2. The molecule has 1 heterocycles.